The van der Waals surface area contributed by atoms with Crippen molar-refractivity contribution in [1.82, 2.24) is 0 Å². The van der Waals surface area contributed by atoms with Crippen molar-refractivity contribution < 1.29 is 19.4 Å². The first-order valence-corrected chi connectivity index (χ1v) is 10.9. The first-order valence-electron chi connectivity index (χ1n) is 10.1. The van der Waals surface area contributed by atoms with Gasteiger partial charge in [0.25, 0.3) is 0 Å². The Labute approximate surface area is 195 Å². The Kier molecular flexibility index (Phi) is 6.51. The molecule has 0 fully saturated rings. The number of aliphatic carboxylic acids is 1. The summed E-state index contributed by atoms with van der Waals surface area (Å²) in [5.74, 6) is -2.89. The van der Waals surface area contributed by atoms with Crippen LogP contribution in [0.3, 0.4) is 0 Å². The molecule has 0 aliphatic heterocycles. The topological polar surface area (TPSA) is 89.6 Å². The molecule has 164 valence electrons. The van der Waals surface area contributed by atoms with Crippen LogP contribution in [0.1, 0.15) is 34.9 Å². The molecule has 0 spiro atoms. The van der Waals surface area contributed by atoms with E-state index in [-0.39, 0.29) is 17.5 Å². The minimum atomic E-state index is -1.11. The summed E-state index contributed by atoms with van der Waals surface area (Å²) in [6.07, 6.45) is -0.409. The van der Waals surface area contributed by atoms with Gasteiger partial charge in [-0.15, -0.1) is 0 Å². The van der Waals surface area contributed by atoms with Crippen LogP contribution in [0, 0.1) is 0 Å². The van der Waals surface area contributed by atoms with E-state index in [9.17, 15) is 14.7 Å². The van der Waals surface area contributed by atoms with Crippen molar-refractivity contribution >= 4 is 35.1 Å². The smallest absolute Gasteiger partial charge is 0.315 e. The van der Waals surface area contributed by atoms with E-state index in [2.05, 4.69) is 12.1 Å². The predicted molar refractivity (Wildman–Crippen MR) is 124 cm³/mol. The molecule has 4 rings (SSSR count). The average Bonchev–Trinajstić information content (AvgIpc) is 3.07. The van der Waals surface area contributed by atoms with Gasteiger partial charge in [-0.1, -0.05) is 77.8 Å². The Balaban J connectivity index is 1.61. The highest BCUT2D eigenvalue weighted by Crippen LogP contribution is 2.44. The van der Waals surface area contributed by atoms with Crippen molar-refractivity contribution in [3.8, 4) is 11.1 Å². The lowest BCUT2D eigenvalue weighted by Gasteiger charge is -2.24. The van der Waals surface area contributed by atoms with Gasteiger partial charge in [-0.25, -0.2) is 0 Å². The number of esters is 1. The third-order valence-electron chi connectivity index (χ3n) is 5.74. The van der Waals surface area contributed by atoms with E-state index in [1.165, 1.54) is 6.07 Å². The summed E-state index contributed by atoms with van der Waals surface area (Å²) in [4.78, 5) is 24.5. The Bertz CT molecular complexity index is 1130. The molecule has 0 heterocycles. The maximum Gasteiger partial charge on any atom is 0.315 e. The first-order chi connectivity index (χ1) is 15.4. The highest BCUT2D eigenvalue weighted by molar-refractivity contribution is 6.35. The van der Waals surface area contributed by atoms with E-state index in [1.54, 1.807) is 12.1 Å². The molecule has 5 nitrogen and oxygen atoms in total. The Morgan fingerprint density at radius 3 is 2.12 bits per heavy atom. The molecular weight excluding hydrogens is 449 g/mol. The quantitative estimate of drug-likeness (QED) is 0.462. The van der Waals surface area contributed by atoms with Crippen molar-refractivity contribution in [3.05, 3.63) is 93.5 Å². The van der Waals surface area contributed by atoms with Crippen molar-refractivity contribution in [2.75, 3.05) is 6.61 Å². The lowest BCUT2D eigenvalue weighted by molar-refractivity contribution is -0.146. The molecule has 0 radical (unpaired) electrons. The predicted octanol–water partition coefficient (Wildman–Crippen LogP) is 5.23. The van der Waals surface area contributed by atoms with Gasteiger partial charge in [-0.05, 0) is 39.9 Å². The normalized spacial score (nSPS) is 14.3. The number of nitrogens with two attached hydrogens (primary N) is 1. The second kappa shape index (κ2) is 9.33. The zero-order valence-electron chi connectivity index (χ0n) is 17.0. The van der Waals surface area contributed by atoms with Gasteiger partial charge in [0.2, 0.25) is 0 Å². The molecule has 7 heteroatoms. The molecule has 0 unspecified atom stereocenters. The molecule has 0 saturated carbocycles. The second-order valence-electron chi connectivity index (χ2n) is 7.76. The number of halogens is 2. The third-order valence-corrected chi connectivity index (χ3v) is 6.31. The first kappa shape index (κ1) is 22.3. The van der Waals surface area contributed by atoms with E-state index in [0.29, 0.717) is 10.6 Å². The molecule has 1 aliphatic rings. The fraction of sp³-hybridized carbons (Fsp3) is 0.200. The lowest BCUT2D eigenvalue weighted by atomic mass is 9.90. The molecule has 1 aliphatic carbocycles. The monoisotopic (exact) mass is 469 g/mol. The second-order valence-corrected chi connectivity index (χ2v) is 8.61. The third kappa shape index (κ3) is 4.37. The summed E-state index contributed by atoms with van der Waals surface area (Å²) in [5, 5.41) is 9.84. The van der Waals surface area contributed by atoms with E-state index in [4.69, 9.17) is 33.7 Å². The molecule has 3 N–H and O–H groups in total. The van der Waals surface area contributed by atoms with Crippen LogP contribution in [0.5, 0.6) is 0 Å². The van der Waals surface area contributed by atoms with Gasteiger partial charge in [-0.3, -0.25) is 9.59 Å². The van der Waals surface area contributed by atoms with Gasteiger partial charge in [0, 0.05) is 22.0 Å². The van der Waals surface area contributed by atoms with Gasteiger partial charge in [0.15, 0.2) is 0 Å². The van der Waals surface area contributed by atoms with Gasteiger partial charge >= 0.3 is 11.9 Å². The summed E-state index contributed by atoms with van der Waals surface area (Å²) in [6.45, 7) is 0.106. The summed E-state index contributed by atoms with van der Waals surface area (Å²) >= 11 is 12.3. The van der Waals surface area contributed by atoms with Gasteiger partial charge in [0.05, 0.1) is 12.3 Å². The molecule has 0 bridgehead atoms. The number of hydrogen-bond acceptors (Lipinski definition) is 4. The molecule has 32 heavy (non-hydrogen) atoms. The molecule has 3 aromatic carbocycles. The van der Waals surface area contributed by atoms with Crippen LogP contribution >= 0.6 is 23.2 Å². The maximum absolute atomic E-state index is 13.2. The van der Waals surface area contributed by atoms with Crippen molar-refractivity contribution in [1.29, 1.82) is 0 Å². The van der Waals surface area contributed by atoms with E-state index >= 15 is 0 Å². The van der Waals surface area contributed by atoms with Crippen LogP contribution in [0.2, 0.25) is 10.0 Å². The number of carbonyl (C=O) groups is 2. The summed E-state index contributed by atoms with van der Waals surface area (Å²) < 4.78 is 5.74. The SMILES string of the molecule is N[C@@H](CC(=O)O)[C@@H](C(=O)OCC1c2ccccc2-c2ccccc21)c1ccc(Cl)cc1Cl. The highest BCUT2D eigenvalue weighted by Gasteiger charge is 2.34. The van der Waals surface area contributed by atoms with Crippen LogP contribution in [0.25, 0.3) is 11.1 Å². The van der Waals surface area contributed by atoms with Crippen molar-refractivity contribution in [2.45, 2.75) is 24.3 Å². The van der Waals surface area contributed by atoms with Crippen LogP contribution in [-0.2, 0) is 14.3 Å². The van der Waals surface area contributed by atoms with Gasteiger partial charge in [0.1, 0.15) is 6.61 Å². The van der Waals surface area contributed by atoms with Crippen LogP contribution in [-0.4, -0.2) is 29.7 Å². The zero-order chi connectivity index (χ0) is 22.8. The van der Waals surface area contributed by atoms with E-state index in [1.807, 2.05) is 36.4 Å². The zero-order valence-corrected chi connectivity index (χ0v) is 18.5. The number of ether oxygens (including phenoxy) is 1. The average molecular weight is 470 g/mol. The van der Waals surface area contributed by atoms with Gasteiger partial charge in [-0.2, -0.15) is 0 Å². The van der Waals surface area contributed by atoms with E-state index in [0.717, 1.165) is 22.3 Å². The molecule has 2 atom stereocenters. The standard InChI is InChI=1S/C25H21Cl2NO4/c26-14-9-10-19(21(27)11-14)24(22(28)12-23(29)30)25(31)32-13-20-17-7-3-1-5-15(17)16-6-2-4-8-18(16)20/h1-11,20,22,24H,12-13,28H2,(H,29,30)/t22-,24-/m0/s1. The number of carboxylic acids is 1. The van der Waals surface area contributed by atoms with Crippen molar-refractivity contribution in [2.24, 2.45) is 5.73 Å². The lowest BCUT2D eigenvalue weighted by Crippen LogP contribution is -2.37. The largest absolute Gasteiger partial charge is 0.481 e. The minimum absolute atomic E-state index is 0.106. The van der Waals surface area contributed by atoms with Crippen LogP contribution in [0.15, 0.2) is 66.7 Å². The maximum atomic E-state index is 13.2. The molecule has 3 aromatic rings. The fourth-order valence-electron chi connectivity index (χ4n) is 4.30. The number of hydrogen-bond donors (Lipinski definition) is 2. The van der Waals surface area contributed by atoms with Crippen LogP contribution < -0.4 is 5.73 Å². The van der Waals surface area contributed by atoms with Crippen molar-refractivity contribution in [3.63, 3.8) is 0 Å². The number of benzene rings is 3. The molecule has 0 aromatic heterocycles. The minimum Gasteiger partial charge on any atom is -0.481 e. The van der Waals surface area contributed by atoms with Gasteiger partial charge < -0.3 is 15.6 Å². The molecule has 0 saturated heterocycles. The Morgan fingerprint density at radius 1 is 0.969 bits per heavy atom. The summed E-state index contributed by atoms with van der Waals surface area (Å²) in [5.41, 5.74) is 10.9. The fourth-order valence-corrected chi connectivity index (χ4v) is 4.83. The highest BCUT2D eigenvalue weighted by atomic mass is 35.5. The molecular formula is C25H21Cl2NO4. The summed E-state index contributed by atoms with van der Waals surface area (Å²) in [7, 11) is 0. The van der Waals surface area contributed by atoms with Crippen LogP contribution in [0.4, 0.5) is 0 Å². The Hall–Kier alpha value is -2.86. The number of carboxylic acid groups (broad SMARTS) is 1. The number of rotatable bonds is 7. The summed E-state index contributed by atoms with van der Waals surface area (Å²) in [6, 6.07) is 19.7. The Morgan fingerprint density at radius 2 is 1.56 bits per heavy atom. The number of fused-ring (bicyclic) bond motifs is 3. The van der Waals surface area contributed by atoms with E-state index < -0.39 is 30.3 Å². The number of carbonyl (C=O) groups excluding carboxylic acids is 1. The molecule has 0 amide bonds.